The molecule has 25 heavy (non-hydrogen) atoms. The van der Waals surface area contributed by atoms with Crippen molar-refractivity contribution >= 4 is 17.5 Å². The van der Waals surface area contributed by atoms with Gasteiger partial charge in [0.05, 0.1) is 6.42 Å². The van der Waals surface area contributed by atoms with Gasteiger partial charge < -0.3 is 15.4 Å². The Hall–Kier alpha value is -2.82. The van der Waals surface area contributed by atoms with E-state index in [1.807, 2.05) is 43.3 Å². The number of ether oxygens (including phenoxy) is 1. The summed E-state index contributed by atoms with van der Waals surface area (Å²) >= 11 is 0. The van der Waals surface area contributed by atoms with Crippen LogP contribution in [0.1, 0.15) is 24.0 Å². The molecule has 0 atom stereocenters. The molecule has 2 amide bonds. The van der Waals surface area contributed by atoms with Crippen LogP contribution >= 0.6 is 0 Å². The van der Waals surface area contributed by atoms with Crippen LogP contribution in [0, 0.1) is 6.92 Å². The van der Waals surface area contributed by atoms with Crippen molar-refractivity contribution in [2.75, 3.05) is 11.9 Å². The van der Waals surface area contributed by atoms with Gasteiger partial charge >= 0.3 is 0 Å². The molecular formula is C20H22N2O3. The van der Waals surface area contributed by atoms with Gasteiger partial charge in [0.1, 0.15) is 5.75 Å². The van der Waals surface area contributed by atoms with Gasteiger partial charge in [-0.25, -0.2) is 0 Å². The molecule has 0 unspecified atom stereocenters. The minimum atomic E-state index is -0.220. The fourth-order valence-electron chi connectivity index (χ4n) is 2.46. The number of carbonyl (C=O) groups excluding carboxylic acids is 2. The number of para-hydroxylation sites is 1. The lowest BCUT2D eigenvalue weighted by molar-refractivity contribution is -0.120. The molecule has 0 spiro atoms. The first kappa shape index (κ1) is 17.0. The summed E-state index contributed by atoms with van der Waals surface area (Å²) in [4.78, 5) is 23.8. The summed E-state index contributed by atoms with van der Waals surface area (Å²) in [6, 6.07) is 15.2. The molecule has 2 N–H and O–H groups in total. The zero-order chi connectivity index (χ0) is 17.6. The molecule has 0 heterocycles. The van der Waals surface area contributed by atoms with Crippen molar-refractivity contribution in [1.29, 1.82) is 0 Å². The summed E-state index contributed by atoms with van der Waals surface area (Å²) in [5.41, 5.74) is 2.60. The molecule has 2 aromatic carbocycles. The zero-order valence-electron chi connectivity index (χ0n) is 14.2. The van der Waals surface area contributed by atoms with Crippen LogP contribution in [0.3, 0.4) is 0 Å². The van der Waals surface area contributed by atoms with Crippen LogP contribution in [-0.2, 0) is 16.0 Å². The third-order valence-electron chi connectivity index (χ3n) is 4.00. The first-order chi connectivity index (χ1) is 12.1. The van der Waals surface area contributed by atoms with Crippen molar-refractivity contribution in [3.8, 4) is 5.75 Å². The second-order valence-electron chi connectivity index (χ2n) is 6.32. The van der Waals surface area contributed by atoms with E-state index in [0.717, 1.165) is 24.0 Å². The Morgan fingerprint density at radius 2 is 1.76 bits per heavy atom. The molecule has 2 aromatic rings. The third kappa shape index (κ3) is 5.35. The number of amides is 2. The quantitative estimate of drug-likeness (QED) is 0.816. The maximum Gasteiger partial charge on any atom is 0.262 e. The number of hydrogen-bond acceptors (Lipinski definition) is 3. The van der Waals surface area contributed by atoms with Gasteiger partial charge in [-0.05, 0) is 49.1 Å². The Labute approximate surface area is 147 Å². The van der Waals surface area contributed by atoms with Crippen molar-refractivity contribution < 1.29 is 14.3 Å². The van der Waals surface area contributed by atoms with Crippen LogP contribution in [0.25, 0.3) is 0 Å². The van der Waals surface area contributed by atoms with E-state index in [-0.39, 0.29) is 18.4 Å². The van der Waals surface area contributed by atoms with Gasteiger partial charge in [-0.15, -0.1) is 0 Å². The molecule has 130 valence electrons. The molecule has 5 heteroatoms. The van der Waals surface area contributed by atoms with E-state index in [1.165, 1.54) is 0 Å². The Kier molecular flexibility index (Phi) is 5.33. The predicted molar refractivity (Wildman–Crippen MR) is 96.6 cm³/mol. The molecule has 0 aromatic heterocycles. The molecule has 1 aliphatic carbocycles. The third-order valence-corrected chi connectivity index (χ3v) is 4.00. The smallest absolute Gasteiger partial charge is 0.262 e. The maximum atomic E-state index is 12.0. The lowest BCUT2D eigenvalue weighted by atomic mass is 10.1. The van der Waals surface area contributed by atoms with Gasteiger partial charge in [0.2, 0.25) is 5.91 Å². The summed E-state index contributed by atoms with van der Waals surface area (Å²) in [6.45, 7) is 1.89. The molecular weight excluding hydrogens is 316 g/mol. The van der Waals surface area contributed by atoms with E-state index in [4.69, 9.17) is 4.74 Å². The van der Waals surface area contributed by atoms with E-state index in [0.29, 0.717) is 23.9 Å². The molecule has 1 fully saturated rings. The molecule has 1 saturated carbocycles. The van der Waals surface area contributed by atoms with Gasteiger partial charge in [-0.3, -0.25) is 9.59 Å². The Morgan fingerprint density at radius 1 is 1.04 bits per heavy atom. The summed E-state index contributed by atoms with van der Waals surface area (Å²) in [5.74, 6) is 0.531. The molecule has 1 aliphatic rings. The summed E-state index contributed by atoms with van der Waals surface area (Å²) in [6.07, 6.45) is 2.53. The number of hydrogen-bond donors (Lipinski definition) is 2. The zero-order valence-corrected chi connectivity index (χ0v) is 14.2. The van der Waals surface area contributed by atoms with E-state index in [2.05, 4.69) is 10.6 Å². The first-order valence-electron chi connectivity index (χ1n) is 8.47. The monoisotopic (exact) mass is 338 g/mol. The maximum absolute atomic E-state index is 12.0. The summed E-state index contributed by atoms with van der Waals surface area (Å²) in [5, 5.41) is 5.75. The Balaban J connectivity index is 1.46. The second kappa shape index (κ2) is 7.83. The predicted octanol–water partition coefficient (Wildman–Crippen LogP) is 2.83. The van der Waals surface area contributed by atoms with Crippen molar-refractivity contribution in [2.24, 2.45) is 0 Å². The van der Waals surface area contributed by atoms with Crippen LogP contribution in [0.4, 0.5) is 5.69 Å². The lowest BCUT2D eigenvalue weighted by Gasteiger charge is -2.10. The molecule has 0 saturated heterocycles. The van der Waals surface area contributed by atoms with Crippen molar-refractivity contribution in [3.05, 3.63) is 59.7 Å². The van der Waals surface area contributed by atoms with E-state index in [1.54, 1.807) is 12.1 Å². The van der Waals surface area contributed by atoms with Crippen LogP contribution in [0.2, 0.25) is 0 Å². The van der Waals surface area contributed by atoms with Gasteiger partial charge in [0, 0.05) is 11.7 Å². The van der Waals surface area contributed by atoms with Crippen LogP contribution in [0.15, 0.2) is 48.5 Å². The standard InChI is InChI=1S/C20H22N2O3/c1-14-4-2-3-5-18(14)25-13-20(24)22-16-8-6-15(7-9-16)12-19(23)21-17-10-11-17/h2-9,17H,10-13H2,1H3,(H,21,23)(H,22,24). The molecule has 3 rings (SSSR count). The normalized spacial score (nSPS) is 13.2. The lowest BCUT2D eigenvalue weighted by Crippen LogP contribution is -2.26. The highest BCUT2D eigenvalue weighted by atomic mass is 16.5. The fraction of sp³-hybridized carbons (Fsp3) is 0.300. The van der Waals surface area contributed by atoms with E-state index < -0.39 is 0 Å². The number of nitrogens with one attached hydrogen (secondary N) is 2. The van der Waals surface area contributed by atoms with Crippen LogP contribution < -0.4 is 15.4 Å². The Morgan fingerprint density at radius 3 is 2.44 bits per heavy atom. The number of aryl methyl sites for hydroxylation is 1. The molecule has 0 bridgehead atoms. The van der Waals surface area contributed by atoms with Gasteiger partial charge in [-0.1, -0.05) is 30.3 Å². The minimum Gasteiger partial charge on any atom is -0.483 e. The Bertz CT molecular complexity index is 752. The van der Waals surface area contributed by atoms with E-state index in [9.17, 15) is 9.59 Å². The van der Waals surface area contributed by atoms with Crippen molar-refractivity contribution in [1.82, 2.24) is 5.32 Å². The number of rotatable bonds is 7. The second-order valence-corrected chi connectivity index (χ2v) is 6.32. The SMILES string of the molecule is Cc1ccccc1OCC(=O)Nc1ccc(CC(=O)NC2CC2)cc1. The summed E-state index contributed by atoms with van der Waals surface area (Å²) in [7, 11) is 0. The number of carbonyl (C=O) groups is 2. The highest BCUT2D eigenvalue weighted by Crippen LogP contribution is 2.19. The largest absolute Gasteiger partial charge is 0.483 e. The van der Waals surface area contributed by atoms with E-state index >= 15 is 0 Å². The van der Waals surface area contributed by atoms with Gasteiger partial charge in [0.25, 0.3) is 5.91 Å². The number of benzene rings is 2. The van der Waals surface area contributed by atoms with Crippen LogP contribution in [0.5, 0.6) is 5.75 Å². The first-order valence-corrected chi connectivity index (χ1v) is 8.47. The van der Waals surface area contributed by atoms with Crippen molar-refractivity contribution in [3.63, 3.8) is 0 Å². The average Bonchev–Trinajstić information content (AvgIpc) is 3.40. The van der Waals surface area contributed by atoms with Crippen LogP contribution in [-0.4, -0.2) is 24.5 Å². The van der Waals surface area contributed by atoms with Gasteiger partial charge in [-0.2, -0.15) is 0 Å². The number of anilines is 1. The van der Waals surface area contributed by atoms with Crippen molar-refractivity contribution in [2.45, 2.75) is 32.2 Å². The van der Waals surface area contributed by atoms with Gasteiger partial charge in [0.15, 0.2) is 6.61 Å². The highest BCUT2D eigenvalue weighted by molar-refractivity contribution is 5.92. The highest BCUT2D eigenvalue weighted by Gasteiger charge is 2.23. The molecule has 0 aliphatic heterocycles. The fourth-order valence-corrected chi connectivity index (χ4v) is 2.46. The minimum absolute atomic E-state index is 0.0452. The molecule has 5 nitrogen and oxygen atoms in total. The molecule has 0 radical (unpaired) electrons. The average molecular weight is 338 g/mol. The topological polar surface area (TPSA) is 67.4 Å². The summed E-state index contributed by atoms with van der Waals surface area (Å²) < 4.78 is 5.53.